The molecule has 0 spiro atoms. The number of benzene rings is 1. The van der Waals surface area contributed by atoms with Gasteiger partial charge in [0.05, 0.1) is 11.5 Å². The number of hydrogen-bond acceptors (Lipinski definition) is 4. The molecule has 106 valence electrons. The van der Waals surface area contributed by atoms with Gasteiger partial charge in [-0.25, -0.2) is 14.3 Å². The first-order chi connectivity index (χ1) is 9.14. The number of nitrogens with zero attached hydrogens (tertiary/aromatic N) is 1. The number of nitrogens with two attached hydrogens (primary N) is 1. The molecule has 19 heavy (non-hydrogen) atoms. The Kier molecular flexibility index (Phi) is 4.93. The molecule has 0 bridgehead atoms. The average molecular weight is 284 g/mol. The highest BCUT2D eigenvalue weighted by Crippen LogP contribution is 2.20. The Bertz CT molecular complexity index is 493. The molecule has 0 saturated carbocycles. The molecule has 1 aromatic carbocycles. The van der Waals surface area contributed by atoms with Crippen molar-refractivity contribution < 1.29 is 13.3 Å². The molecule has 5 nitrogen and oxygen atoms in total. The van der Waals surface area contributed by atoms with Gasteiger partial charge in [-0.2, -0.15) is 4.31 Å². The fourth-order valence-electron chi connectivity index (χ4n) is 2.26. The van der Waals surface area contributed by atoms with Crippen LogP contribution in [0, 0.1) is 0 Å². The highest BCUT2D eigenvalue weighted by Gasteiger charge is 2.25. The molecule has 0 unspecified atom stereocenters. The van der Waals surface area contributed by atoms with Crippen LogP contribution in [-0.2, 0) is 21.3 Å². The van der Waals surface area contributed by atoms with E-state index in [0.29, 0.717) is 31.0 Å². The van der Waals surface area contributed by atoms with Gasteiger partial charge < -0.3 is 4.84 Å². The number of rotatable bonds is 5. The van der Waals surface area contributed by atoms with Crippen molar-refractivity contribution in [2.24, 2.45) is 5.90 Å². The summed E-state index contributed by atoms with van der Waals surface area (Å²) in [5.74, 6) is 4.97. The lowest BCUT2D eigenvalue weighted by molar-refractivity contribution is 0.141. The minimum atomic E-state index is -3.32. The largest absolute Gasteiger partial charge is 0.304 e. The summed E-state index contributed by atoms with van der Waals surface area (Å²) in [6.07, 6.45) is 3.70. The Labute approximate surface area is 114 Å². The smallest absolute Gasteiger partial charge is 0.243 e. The lowest BCUT2D eigenvalue weighted by atomic mass is 10.2. The van der Waals surface area contributed by atoms with Crippen molar-refractivity contribution in [3.05, 3.63) is 29.8 Å². The first-order valence-corrected chi connectivity index (χ1v) is 7.99. The first kappa shape index (κ1) is 14.5. The third-order valence-electron chi connectivity index (χ3n) is 3.38. The fraction of sp³-hybridized carbons (Fsp3) is 0.538. The molecule has 1 aliphatic heterocycles. The van der Waals surface area contributed by atoms with E-state index in [1.807, 2.05) is 12.1 Å². The maximum Gasteiger partial charge on any atom is 0.243 e. The Morgan fingerprint density at radius 1 is 1.11 bits per heavy atom. The third kappa shape index (κ3) is 3.54. The molecule has 0 aliphatic carbocycles. The molecule has 1 fully saturated rings. The van der Waals surface area contributed by atoms with Crippen molar-refractivity contribution in [3.8, 4) is 0 Å². The quantitative estimate of drug-likeness (QED) is 0.827. The molecule has 0 radical (unpaired) electrons. The second-order valence-electron chi connectivity index (χ2n) is 4.73. The monoisotopic (exact) mass is 284 g/mol. The molecule has 6 heteroatoms. The van der Waals surface area contributed by atoms with Crippen LogP contribution in [0.4, 0.5) is 0 Å². The zero-order valence-corrected chi connectivity index (χ0v) is 11.7. The number of sulfonamides is 1. The normalized spacial score (nSPS) is 17.5. The molecule has 1 heterocycles. The Morgan fingerprint density at radius 3 is 2.32 bits per heavy atom. The van der Waals surface area contributed by atoms with Crippen molar-refractivity contribution in [2.75, 3.05) is 19.7 Å². The van der Waals surface area contributed by atoms with Crippen LogP contribution in [0.15, 0.2) is 29.2 Å². The molecule has 1 aromatic rings. The van der Waals surface area contributed by atoms with Crippen LogP contribution >= 0.6 is 0 Å². The lowest BCUT2D eigenvalue weighted by Gasteiger charge is -2.25. The predicted molar refractivity (Wildman–Crippen MR) is 72.9 cm³/mol. The molecule has 1 aliphatic rings. The topological polar surface area (TPSA) is 72.6 Å². The Morgan fingerprint density at radius 2 is 1.74 bits per heavy atom. The van der Waals surface area contributed by atoms with Gasteiger partial charge >= 0.3 is 0 Å². The van der Waals surface area contributed by atoms with E-state index in [9.17, 15) is 8.42 Å². The SMILES string of the molecule is NOCCc1ccc(S(=O)(=O)N2CCCCC2)cc1. The van der Waals surface area contributed by atoms with Crippen molar-refractivity contribution in [3.63, 3.8) is 0 Å². The summed E-state index contributed by atoms with van der Waals surface area (Å²) < 4.78 is 26.4. The van der Waals surface area contributed by atoms with Gasteiger partial charge in [0.15, 0.2) is 0 Å². The third-order valence-corrected chi connectivity index (χ3v) is 5.30. The van der Waals surface area contributed by atoms with Gasteiger partial charge in [0.1, 0.15) is 0 Å². The highest BCUT2D eigenvalue weighted by molar-refractivity contribution is 7.89. The Hall–Kier alpha value is -0.950. The lowest BCUT2D eigenvalue weighted by Crippen LogP contribution is -2.35. The molecule has 2 rings (SSSR count). The summed E-state index contributed by atoms with van der Waals surface area (Å²) in [6, 6.07) is 6.96. The van der Waals surface area contributed by atoms with Gasteiger partial charge in [-0.05, 0) is 37.0 Å². The van der Waals surface area contributed by atoms with E-state index in [2.05, 4.69) is 4.84 Å². The summed E-state index contributed by atoms with van der Waals surface area (Å²) in [5, 5.41) is 0. The van der Waals surface area contributed by atoms with Crippen molar-refractivity contribution in [1.82, 2.24) is 4.31 Å². The summed E-state index contributed by atoms with van der Waals surface area (Å²) in [6.45, 7) is 1.69. The molecular weight excluding hydrogens is 264 g/mol. The zero-order valence-electron chi connectivity index (χ0n) is 10.9. The predicted octanol–water partition coefficient (Wildman–Crippen LogP) is 1.29. The average Bonchev–Trinajstić information content (AvgIpc) is 2.46. The van der Waals surface area contributed by atoms with Crippen LogP contribution in [0.3, 0.4) is 0 Å². The van der Waals surface area contributed by atoms with Gasteiger partial charge in [0.25, 0.3) is 0 Å². The maximum absolute atomic E-state index is 12.4. The van der Waals surface area contributed by atoms with Gasteiger partial charge in [0.2, 0.25) is 10.0 Å². The van der Waals surface area contributed by atoms with Crippen LogP contribution < -0.4 is 5.90 Å². The minimum Gasteiger partial charge on any atom is -0.304 e. The summed E-state index contributed by atoms with van der Waals surface area (Å²) in [4.78, 5) is 4.88. The van der Waals surface area contributed by atoms with Crippen LogP contribution in [0.25, 0.3) is 0 Å². The zero-order chi connectivity index (χ0) is 13.7. The van der Waals surface area contributed by atoms with E-state index < -0.39 is 10.0 Å². The van der Waals surface area contributed by atoms with Crippen molar-refractivity contribution in [1.29, 1.82) is 0 Å². The standard InChI is InChI=1S/C13H20N2O3S/c14-18-11-8-12-4-6-13(7-5-12)19(16,17)15-9-2-1-3-10-15/h4-7H,1-3,8-11,14H2. The molecule has 0 aromatic heterocycles. The minimum absolute atomic E-state index is 0.367. The van der Waals surface area contributed by atoms with E-state index in [4.69, 9.17) is 5.90 Å². The Balaban J connectivity index is 2.11. The van der Waals surface area contributed by atoms with Crippen LogP contribution in [0.5, 0.6) is 0 Å². The number of piperidine rings is 1. The van der Waals surface area contributed by atoms with E-state index >= 15 is 0 Å². The van der Waals surface area contributed by atoms with Crippen molar-refractivity contribution in [2.45, 2.75) is 30.6 Å². The maximum atomic E-state index is 12.4. The van der Waals surface area contributed by atoms with E-state index in [0.717, 1.165) is 24.8 Å². The van der Waals surface area contributed by atoms with E-state index in [1.54, 1.807) is 16.4 Å². The van der Waals surface area contributed by atoms with Gasteiger partial charge in [-0.3, -0.25) is 0 Å². The van der Waals surface area contributed by atoms with Crippen LogP contribution in [0.1, 0.15) is 24.8 Å². The molecule has 1 saturated heterocycles. The summed E-state index contributed by atoms with van der Waals surface area (Å²) in [7, 11) is -3.32. The fourth-order valence-corrected chi connectivity index (χ4v) is 3.78. The van der Waals surface area contributed by atoms with Crippen molar-refractivity contribution >= 4 is 10.0 Å². The number of hydrogen-bond donors (Lipinski definition) is 1. The van der Waals surface area contributed by atoms with Crippen LogP contribution in [-0.4, -0.2) is 32.4 Å². The highest BCUT2D eigenvalue weighted by atomic mass is 32.2. The molecular formula is C13H20N2O3S. The van der Waals surface area contributed by atoms with Gasteiger partial charge in [-0.1, -0.05) is 18.6 Å². The molecule has 0 atom stereocenters. The first-order valence-electron chi connectivity index (χ1n) is 6.55. The molecule has 0 amide bonds. The van der Waals surface area contributed by atoms with E-state index in [1.165, 1.54) is 0 Å². The second-order valence-corrected chi connectivity index (χ2v) is 6.67. The summed E-state index contributed by atoms with van der Waals surface area (Å²) in [5.41, 5.74) is 1.02. The van der Waals surface area contributed by atoms with Gasteiger partial charge in [-0.15, -0.1) is 0 Å². The van der Waals surface area contributed by atoms with Gasteiger partial charge in [0, 0.05) is 13.1 Å². The van der Waals surface area contributed by atoms with Crippen LogP contribution in [0.2, 0.25) is 0 Å². The second kappa shape index (κ2) is 6.47. The van der Waals surface area contributed by atoms with E-state index in [-0.39, 0.29) is 0 Å². The molecule has 2 N–H and O–H groups in total. The summed E-state index contributed by atoms with van der Waals surface area (Å²) >= 11 is 0.